The first kappa shape index (κ1) is 14.4. The number of rotatable bonds is 4. The van der Waals surface area contributed by atoms with Crippen molar-refractivity contribution >= 4 is 0 Å². The molecule has 20 heavy (non-hydrogen) atoms. The Balaban J connectivity index is 2.30. The van der Waals surface area contributed by atoms with Gasteiger partial charge in [-0.2, -0.15) is 0 Å². The van der Waals surface area contributed by atoms with Crippen molar-refractivity contribution in [2.75, 3.05) is 7.11 Å². The molecule has 0 aromatic heterocycles. The van der Waals surface area contributed by atoms with Crippen molar-refractivity contribution < 1.29 is 13.9 Å². The van der Waals surface area contributed by atoms with E-state index in [-0.39, 0.29) is 5.82 Å². The molecule has 0 heterocycles. The van der Waals surface area contributed by atoms with Gasteiger partial charge in [-0.1, -0.05) is 19.9 Å². The fourth-order valence-electron chi connectivity index (χ4n) is 2.09. The van der Waals surface area contributed by atoms with Crippen molar-refractivity contribution in [3.8, 4) is 17.2 Å². The summed E-state index contributed by atoms with van der Waals surface area (Å²) in [4.78, 5) is 0. The number of benzene rings is 2. The van der Waals surface area contributed by atoms with E-state index in [1.165, 1.54) is 12.1 Å². The van der Waals surface area contributed by atoms with Gasteiger partial charge < -0.3 is 9.47 Å². The first-order valence-electron chi connectivity index (χ1n) is 6.63. The van der Waals surface area contributed by atoms with Crippen LogP contribution in [-0.4, -0.2) is 7.11 Å². The number of ether oxygens (including phenoxy) is 2. The lowest BCUT2D eigenvalue weighted by Crippen LogP contribution is -1.95. The predicted molar refractivity (Wildman–Crippen MR) is 78.3 cm³/mol. The molecule has 0 unspecified atom stereocenters. The summed E-state index contributed by atoms with van der Waals surface area (Å²) >= 11 is 0. The molecule has 0 radical (unpaired) electrons. The van der Waals surface area contributed by atoms with Crippen LogP contribution in [0.15, 0.2) is 36.4 Å². The smallest absolute Gasteiger partial charge is 0.131 e. The fourth-order valence-corrected chi connectivity index (χ4v) is 2.09. The molecule has 2 aromatic carbocycles. The lowest BCUT2D eigenvalue weighted by Gasteiger charge is -2.14. The van der Waals surface area contributed by atoms with Crippen LogP contribution in [0.25, 0.3) is 0 Å². The Morgan fingerprint density at radius 2 is 1.75 bits per heavy atom. The molecule has 2 aromatic rings. The fraction of sp³-hybridized carbons (Fsp3) is 0.294. The molecule has 0 fully saturated rings. The van der Waals surface area contributed by atoms with E-state index in [1.54, 1.807) is 13.2 Å². The summed E-state index contributed by atoms with van der Waals surface area (Å²) in [6.45, 7) is 6.04. The standard InChI is InChI=1S/C17H19FO2/c1-11(2)15-7-6-14(10-17(15)19-4)20-16-8-5-13(18)9-12(16)3/h5-11H,1-4H3. The number of methoxy groups -OCH3 is 1. The molecule has 3 heteroatoms. The van der Waals surface area contributed by atoms with E-state index < -0.39 is 0 Å². The second-order valence-corrected chi connectivity index (χ2v) is 5.07. The zero-order valence-corrected chi connectivity index (χ0v) is 12.2. The lowest BCUT2D eigenvalue weighted by atomic mass is 10.0. The molecule has 0 amide bonds. The van der Waals surface area contributed by atoms with Crippen molar-refractivity contribution in [1.82, 2.24) is 0 Å². The quantitative estimate of drug-likeness (QED) is 0.776. The molecule has 0 saturated carbocycles. The molecule has 0 aliphatic carbocycles. The van der Waals surface area contributed by atoms with Gasteiger partial charge in [0.15, 0.2) is 0 Å². The molecule has 0 aliphatic rings. The summed E-state index contributed by atoms with van der Waals surface area (Å²) in [6, 6.07) is 10.2. The zero-order valence-electron chi connectivity index (χ0n) is 12.2. The number of halogens is 1. The van der Waals surface area contributed by atoms with Crippen LogP contribution in [0.5, 0.6) is 17.2 Å². The van der Waals surface area contributed by atoms with Crippen LogP contribution in [-0.2, 0) is 0 Å². The normalized spacial score (nSPS) is 10.7. The minimum Gasteiger partial charge on any atom is -0.496 e. The summed E-state index contributed by atoms with van der Waals surface area (Å²) in [5.41, 5.74) is 1.90. The Labute approximate surface area is 119 Å². The molecular weight excluding hydrogens is 255 g/mol. The van der Waals surface area contributed by atoms with Gasteiger partial charge in [0.1, 0.15) is 23.1 Å². The summed E-state index contributed by atoms with van der Waals surface area (Å²) in [6.07, 6.45) is 0. The van der Waals surface area contributed by atoms with Gasteiger partial charge in [0.2, 0.25) is 0 Å². The van der Waals surface area contributed by atoms with Gasteiger partial charge in [-0.3, -0.25) is 0 Å². The van der Waals surface area contributed by atoms with Gasteiger partial charge in [0, 0.05) is 6.07 Å². The van der Waals surface area contributed by atoms with Crippen LogP contribution in [0.3, 0.4) is 0 Å². The predicted octanol–water partition coefficient (Wildman–Crippen LogP) is 5.06. The zero-order chi connectivity index (χ0) is 14.7. The van der Waals surface area contributed by atoms with Gasteiger partial charge in [0.05, 0.1) is 7.11 Å². The SMILES string of the molecule is COc1cc(Oc2ccc(F)cc2C)ccc1C(C)C. The van der Waals surface area contributed by atoms with Gasteiger partial charge in [-0.15, -0.1) is 0 Å². The van der Waals surface area contributed by atoms with Gasteiger partial charge in [-0.05, 0) is 48.2 Å². The average molecular weight is 274 g/mol. The highest BCUT2D eigenvalue weighted by atomic mass is 19.1. The Hall–Kier alpha value is -2.03. The maximum atomic E-state index is 13.1. The second kappa shape index (κ2) is 5.95. The number of aryl methyl sites for hydroxylation is 1. The molecule has 0 spiro atoms. The van der Waals surface area contributed by atoms with Crippen molar-refractivity contribution in [3.05, 3.63) is 53.3 Å². The van der Waals surface area contributed by atoms with Crippen LogP contribution in [0.4, 0.5) is 4.39 Å². The van der Waals surface area contributed by atoms with Crippen LogP contribution in [0.1, 0.15) is 30.9 Å². The van der Waals surface area contributed by atoms with E-state index in [2.05, 4.69) is 13.8 Å². The van der Waals surface area contributed by atoms with Crippen LogP contribution < -0.4 is 9.47 Å². The molecule has 0 N–H and O–H groups in total. The molecule has 0 saturated heterocycles. The first-order valence-corrected chi connectivity index (χ1v) is 6.63. The second-order valence-electron chi connectivity index (χ2n) is 5.07. The first-order chi connectivity index (χ1) is 9.51. The monoisotopic (exact) mass is 274 g/mol. The highest BCUT2D eigenvalue weighted by Gasteiger charge is 2.10. The van der Waals surface area contributed by atoms with Crippen molar-refractivity contribution in [2.45, 2.75) is 26.7 Å². The van der Waals surface area contributed by atoms with Gasteiger partial charge in [0.25, 0.3) is 0 Å². The summed E-state index contributed by atoms with van der Waals surface area (Å²) in [7, 11) is 1.65. The number of hydrogen-bond donors (Lipinski definition) is 0. The van der Waals surface area contributed by atoms with Crippen molar-refractivity contribution in [2.24, 2.45) is 0 Å². The van der Waals surface area contributed by atoms with E-state index in [9.17, 15) is 4.39 Å². The minimum atomic E-state index is -0.261. The molecule has 0 atom stereocenters. The summed E-state index contributed by atoms with van der Waals surface area (Å²) < 4.78 is 24.3. The van der Waals surface area contributed by atoms with E-state index in [0.717, 1.165) is 16.9 Å². The van der Waals surface area contributed by atoms with Crippen LogP contribution >= 0.6 is 0 Å². The van der Waals surface area contributed by atoms with E-state index in [1.807, 2.05) is 25.1 Å². The summed E-state index contributed by atoms with van der Waals surface area (Å²) in [5.74, 6) is 2.25. The number of hydrogen-bond acceptors (Lipinski definition) is 2. The Morgan fingerprint density at radius 3 is 2.35 bits per heavy atom. The topological polar surface area (TPSA) is 18.5 Å². The minimum absolute atomic E-state index is 0.261. The van der Waals surface area contributed by atoms with Gasteiger partial charge in [-0.25, -0.2) is 4.39 Å². The third-order valence-electron chi connectivity index (χ3n) is 3.19. The lowest BCUT2D eigenvalue weighted by molar-refractivity contribution is 0.401. The third-order valence-corrected chi connectivity index (χ3v) is 3.19. The molecular formula is C17H19FO2. The Kier molecular flexibility index (Phi) is 4.28. The van der Waals surface area contributed by atoms with Gasteiger partial charge >= 0.3 is 0 Å². The molecule has 2 rings (SSSR count). The van der Waals surface area contributed by atoms with Crippen LogP contribution in [0, 0.1) is 12.7 Å². The van der Waals surface area contributed by atoms with Crippen molar-refractivity contribution in [1.29, 1.82) is 0 Å². The van der Waals surface area contributed by atoms with Crippen LogP contribution in [0.2, 0.25) is 0 Å². The molecule has 0 aliphatic heterocycles. The largest absolute Gasteiger partial charge is 0.496 e. The molecule has 2 nitrogen and oxygen atoms in total. The van der Waals surface area contributed by atoms with Crippen molar-refractivity contribution in [3.63, 3.8) is 0 Å². The highest BCUT2D eigenvalue weighted by Crippen LogP contribution is 2.33. The maximum absolute atomic E-state index is 13.1. The van der Waals surface area contributed by atoms with E-state index >= 15 is 0 Å². The third kappa shape index (κ3) is 3.10. The maximum Gasteiger partial charge on any atom is 0.131 e. The highest BCUT2D eigenvalue weighted by molar-refractivity contribution is 5.45. The average Bonchev–Trinajstić information content (AvgIpc) is 2.41. The summed E-state index contributed by atoms with van der Waals surface area (Å²) in [5, 5.41) is 0. The Morgan fingerprint density at radius 1 is 1.00 bits per heavy atom. The van der Waals surface area contributed by atoms with E-state index in [0.29, 0.717) is 17.4 Å². The Bertz CT molecular complexity index is 606. The van der Waals surface area contributed by atoms with E-state index in [4.69, 9.17) is 9.47 Å². The molecule has 106 valence electrons. The molecule has 0 bridgehead atoms.